The highest BCUT2D eigenvalue weighted by Crippen LogP contribution is 2.47. The van der Waals surface area contributed by atoms with Gasteiger partial charge in [0.15, 0.2) is 0 Å². The molecule has 0 bridgehead atoms. The summed E-state index contributed by atoms with van der Waals surface area (Å²) in [6.45, 7) is 4.28. The number of nitrogens with zero attached hydrogens (tertiary/aromatic N) is 2. The topological polar surface area (TPSA) is 61.9 Å². The van der Waals surface area contributed by atoms with Crippen molar-refractivity contribution in [1.82, 2.24) is 15.1 Å². The van der Waals surface area contributed by atoms with Crippen LogP contribution in [0.5, 0.6) is 0 Å². The maximum atomic E-state index is 12.7. The summed E-state index contributed by atoms with van der Waals surface area (Å²) in [5.74, 6) is 0.712. The van der Waals surface area contributed by atoms with Gasteiger partial charge in [0.25, 0.3) is 0 Å². The van der Waals surface area contributed by atoms with E-state index in [-0.39, 0.29) is 17.9 Å². The Hall–Kier alpha value is -1.30. The largest absolute Gasteiger partial charge is 0.469 e. The summed E-state index contributed by atoms with van der Waals surface area (Å²) >= 11 is 0. The number of methoxy groups -OCH3 is 1. The Morgan fingerprint density at radius 2 is 2.00 bits per heavy atom. The summed E-state index contributed by atoms with van der Waals surface area (Å²) in [6.07, 6.45) is 7.97. The van der Waals surface area contributed by atoms with Crippen molar-refractivity contribution in [2.75, 3.05) is 39.8 Å². The van der Waals surface area contributed by atoms with Crippen molar-refractivity contribution in [2.24, 2.45) is 17.3 Å². The van der Waals surface area contributed by atoms with Gasteiger partial charge >= 0.3 is 12.0 Å². The maximum Gasteiger partial charge on any atom is 0.317 e. The van der Waals surface area contributed by atoms with Gasteiger partial charge in [-0.3, -0.25) is 4.79 Å². The Morgan fingerprint density at radius 1 is 1.16 bits per heavy atom. The van der Waals surface area contributed by atoms with E-state index < -0.39 is 5.41 Å². The SMILES string of the molecule is COC(=O)[C@@]12CCCC[C@@H]1CN(C(=O)NC[C@@H]1CCN(C3CC3)C1)C2. The van der Waals surface area contributed by atoms with E-state index in [0.29, 0.717) is 19.0 Å². The van der Waals surface area contributed by atoms with Gasteiger partial charge in [-0.15, -0.1) is 0 Å². The molecule has 2 aliphatic carbocycles. The van der Waals surface area contributed by atoms with Crippen molar-refractivity contribution >= 4 is 12.0 Å². The van der Waals surface area contributed by atoms with Crippen molar-refractivity contribution in [1.29, 1.82) is 0 Å². The zero-order valence-electron chi connectivity index (χ0n) is 15.3. The third-order valence-electron chi connectivity index (χ3n) is 6.92. The number of carbonyl (C=O) groups excluding carboxylic acids is 2. The van der Waals surface area contributed by atoms with E-state index in [1.165, 1.54) is 32.9 Å². The molecule has 1 N–H and O–H groups in total. The van der Waals surface area contributed by atoms with Crippen LogP contribution < -0.4 is 5.32 Å². The predicted octanol–water partition coefficient (Wildman–Crippen LogP) is 1.85. The smallest absolute Gasteiger partial charge is 0.317 e. The first kappa shape index (κ1) is 17.1. The van der Waals surface area contributed by atoms with E-state index in [9.17, 15) is 9.59 Å². The number of fused-ring (bicyclic) bond motifs is 1. The standard InChI is InChI=1S/C19H31N3O3/c1-25-17(23)19-8-3-2-4-15(19)12-22(13-19)18(24)20-10-14-7-9-21(11-14)16-5-6-16/h14-16H,2-13H2,1H3,(H,20,24)/t14-,15+,19+/m0/s1. The molecule has 2 saturated carbocycles. The van der Waals surface area contributed by atoms with E-state index in [0.717, 1.165) is 44.8 Å². The molecule has 2 saturated heterocycles. The third kappa shape index (κ3) is 3.25. The van der Waals surface area contributed by atoms with Crippen LogP contribution in [-0.2, 0) is 9.53 Å². The molecule has 0 spiro atoms. The first-order valence-electron chi connectivity index (χ1n) is 9.97. The van der Waals surface area contributed by atoms with Gasteiger partial charge in [0.2, 0.25) is 0 Å². The highest BCUT2D eigenvalue weighted by molar-refractivity contribution is 5.81. The molecule has 3 atom stereocenters. The van der Waals surface area contributed by atoms with E-state index in [2.05, 4.69) is 10.2 Å². The molecule has 6 heteroatoms. The summed E-state index contributed by atoms with van der Waals surface area (Å²) in [6, 6.07) is 0.824. The van der Waals surface area contributed by atoms with Gasteiger partial charge in [-0.1, -0.05) is 12.8 Å². The average molecular weight is 349 g/mol. The first-order valence-corrected chi connectivity index (χ1v) is 9.97. The number of nitrogens with one attached hydrogen (secondary N) is 1. The monoisotopic (exact) mass is 349 g/mol. The van der Waals surface area contributed by atoms with E-state index >= 15 is 0 Å². The van der Waals surface area contributed by atoms with Crippen LogP contribution in [0.4, 0.5) is 4.79 Å². The number of esters is 1. The summed E-state index contributed by atoms with van der Waals surface area (Å²) in [7, 11) is 1.47. The molecule has 2 heterocycles. The minimum atomic E-state index is -0.458. The van der Waals surface area contributed by atoms with Crippen molar-refractivity contribution in [3.63, 3.8) is 0 Å². The van der Waals surface area contributed by atoms with Crippen LogP contribution in [0.3, 0.4) is 0 Å². The number of rotatable bonds is 4. The normalized spacial score (nSPS) is 35.5. The molecule has 4 fully saturated rings. The van der Waals surface area contributed by atoms with Crippen LogP contribution >= 0.6 is 0 Å². The number of likely N-dealkylation sites (tertiary alicyclic amines) is 2. The molecule has 0 aromatic heterocycles. The number of hydrogen-bond acceptors (Lipinski definition) is 4. The van der Waals surface area contributed by atoms with E-state index in [1.807, 2.05) is 4.90 Å². The second kappa shape index (κ2) is 6.78. The van der Waals surface area contributed by atoms with Crippen molar-refractivity contribution < 1.29 is 14.3 Å². The fourth-order valence-electron chi connectivity index (χ4n) is 5.29. The molecule has 4 rings (SSSR count). The van der Waals surface area contributed by atoms with Gasteiger partial charge in [0.05, 0.1) is 12.5 Å². The lowest BCUT2D eigenvalue weighted by atomic mass is 9.68. The Kier molecular flexibility index (Phi) is 4.65. The molecule has 2 aliphatic heterocycles. The minimum Gasteiger partial charge on any atom is -0.469 e. The zero-order valence-corrected chi connectivity index (χ0v) is 15.3. The van der Waals surface area contributed by atoms with Crippen molar-refractivity contribution in [3.8, 4) is 0 Å². The first-order chi connectivity index (χ1) is 12.1. The van der Waals surface area contributed by atoms with Crippen LogP contribution in [0, 0.1) is 17.3 Å². The number of urea groups is 1. The molecule has 2 amide bonds. The summed E-state index contributed by atoms with van der Waals surface area (Å²) in [4.78, 5) is 29.5. The lowest BCUT2D eigenvalue weighted by Crippen LogP contribution is -2.44. The summed E-state index contributed by atoms with van der Waals surface area (Å²) < 4.78 is 5.10. The fourth-order valence-corrected chi connectivity index (χ4v) is 5.29. The van der Waals surface area contributed by atoms with Crippen molar-refractivity contribution in [3.05, 3.63) is 0 Å². The van der Waals surface area contributed by atoms with Crippen LogP contribution in [0.25, 0.3) is 0 Å². The Labute approximate surface area is 150 Å². The van der Waals surface area contributed by atoms with Gasteiger partial charge in [0, 0.05) is 32.2 Å². The fraction of sp³-hybridized carbons (Fsp3) is 0.895. The molecule has 0 aromatic carbocycles. The number of amides is 2. The van der Waals surface area contributed by atoms with Crippen LogP contribution in [-0.4, -0.2) is 67.7 Å². The predicted molar refractivity (Wildman–Crippen MR) is 94.1 cm³/mol. The molecule has 0 aromatic rings. The van der Waals surface area contributed by atoms with Crippen LogP contribution in [0.1, 0.15) is 44.9 Å². The van der Waals surface area contributed by atoms with Gasteiger partial charge in [-0.25, -0.2) is 4.79 Å². The zero-order chi connectivity index (χ0) is 17.4. The van der Waals surface area contributed by atoms with Gasteiger partial charge in [-0.05, 0) is 50.5 Å². The Morgan fingerprint density at radius 3 is 2.76 bits per heavy atom. The van der Waals surface area contributed by atoms with Gasteiger partial charge in [-0.2, -0.15) is 0 Å². The van der Waals surface area contributed by atoms with Crippen LogP contribution in [0.15, 0.2) is 0 Å². The average Bonchev–Trinajstić information content (AvgIpc) is 3.24. The van der Waals surface area contributed by atoms with Gasteiger partial charge < -0.3 is 19.9 Å². The second-order valence-electron chi connectivity index (χ2n) is 8.54. The lowest BCUT2D eigenvalue weighted by molar-refractivity contribution is -0.156. The quantitative estimate of drug-likeness (QED) is 0.787. The minimum absolute atomic E-state index is 0.00236. The van der Waals surface area contributed by atoms with E-state index in [4.69, 9.17) is 4.74 Å². The molecular weight excluding hydrogens is 318 g/mol. The molecular formula is C19H31N3O3. The molecule has 0 unspecified atom stereocenters. The van der Waals surface area contributed by atoms with Crippen LogP contribution in [0.2, 0.25) is 0 Å². The second-order valence-corrected chi connectivity index (χ2v) is 8.54. The van der Waals surface area contributed by atoms with Gasteiger partial charge in [0.1, 0.15) is 0 Å². The summed E-state index contributed by atoms with van der Waals surface area (Å²) in [5, 5.41) is 3.14. The lowest BCUT2D eigenvalue weighted by Gasteiger charge is -2.35. The Bertz CT molecular complexity index is 536. The van der Waals surface area contributed by atoms with Crippen molar-refractivity contribution in [2.45, 2.75) is 51.0 Å². The molecule has 0 radical (unpaired) electrons. The Balaban J connectivity index is 1.31. The number of ether oxygens (including phenoxy) is 1. The highest BCUT2D eigenvalue weighted by Gasteiger charge is 2.54. The maximum absolute atomic E-state index is 12.7. The molecule has 140 valence electrons. The molecule has 4 aliphatic rings. The number of carbonyl (C=O) groups is 2. The number of hydrogen-bond donors (Lipinski definition) is 1. The highest BCUT2D eigenvalue weighted by atomic mass is 16.5. The summed E-state index contributed by atoms with van der Waals surface area (Å²) in [5.41, 5.74) is -0.458. The van der Waals surface area contributed by atoms with E-state index in [1.54, 1.807) is 0 Å². The molecule has 6 nitrogen and oxygen atoms in total. The third-order valence-corrected chi connectivity index (χ3v) is 6.92. The molecule has 25 heavy (non-hydrogen) atoms.